The summed E-state index contributed by atoms with van der Waals surface area (Å²) in [5.41, 5.74) is 0.762. The molecule has 1 aromatic carbocycles. The maximum atomic E-state index is 10.8. The Kier molecular flexibility index (Phi) is 3.86. The highest BCUT2D eigenvalue weighted by Gasteiger charge is 2.03. The molecule has 0 aliphatic rings. The van der Waals surface area contributed by atoms with Crippen molar-refractivity contribution in [3.05, 3.63) is 43.1 Å². The van der Waals surface area contributed by atoms with Crippen LogP contribution in [0.15, 0.2) is 43.1 Å². The lowest BCUT2D eigenvalue weighted by atomic mass is 10.2. The van der Waals surface area contributed by atoms with E-state index in [0.29, 0.717) is 5.75 Å². The molecule has 0 aliphatic heterocycles. The minimum Gasteiger partial charge on any atom is -0.488 e. The molecule has 5 nitrogen and oxygen atoms in total. The summed E-state index contributed by atoms with van der Waals surface area (Å²) in [6.07, 6.45) is 2.65. The van der Waals surface area contributed by atoms with Crippen molar-refractivity contribution in [2.45, 2.75) is 0 Å². The molecule has 2 rings (SSSR count). The third-order valence-electron chi connectivity index (χ3n) is 2.26. The van der Waals surface area contributed by atoms with Crippen LogP contribution in [0.5, 0.6) is 5.75 Å². The minimum atomic E-state index is -0.462. The molecule has 1 heterocycles. The van der Waals surface area contributed by atoms with Gasteiger partial charge in [-0.05, 0) is 12.1 Å². The zero-order valence-corrected chi connectivity index (χ0v) is 9.70. The Hall–Kier alpha value is -2.43. The van der Waals surface area contributed by atoms with Crippen molar-refractivity contribution < 1.29 is 14.3 Å². The molecule has 0 unspecified atom stereocenters. The summed E-state index contributed by atoms with van der Waals surface area (Å²) in [7, 11) is 0. The zero-order valence-electron chi connectivity index (χ0n) is 9.70. The maximum Gasteiger partial charge on any atom is 0.330 e. The summed E-state index contributed by atoms with van der Waals surface area (Å²) in [5, 5.41) is 8.70. The highest BCUT2D eigenvalue weighted by molar-refractivity contribution is 5.84. The van der Waals surface area contributed by atoms with E-state index >= 15 is 0 Å². The van der Waals surface area contributed by atoms with Crippen molar-refractivity contribution in [3.63, 3.8) is 0 Å². The third kappa shape index (κ3) is 2.82. The van der Waals surface area contributed by atoms with E-state index in [2.05, 4.69) is 16.8 Å². The number of hydrogen-bond donors (Lipinski definition) is 0. The van der Waals surface area contributed by atoms with Gasteiger partial charge in [-0.2, -0.15) is 10.2 Å². The molecule has 0 bridgehead atoms. The Morgan fingerprint density at radius 3 is 3.00 bits per heavy atom. The molecule has 0 radical (unpaired) electrons. The first-order valence-corrected chi connectivity index (χ1v) is 5.43. The second-order valence-corrected chi connectivity index (χ2v) is 3.45. The highest BCUT2D eigenvalue weighted by atomic mass is 16.6. The highest BCUT2D eigenvalue weighted by Crippen LogP contribution is 2.21. The van der Waals surface area contributed by atoms with Crippen molar-refractivity contribution in [2.75, 3.05) is 13.2 Å². The van der Waals surface area contributed by atoms with E-state index in [-0.39, 0.29) is 13.2 Å². The molecule has 0 spiro atoms. The fourth-order valence-electron chi connectivity index (χ4n) is 1.45. The van der Waals surface area contributed by atoms with Gasteiger partial charge in [-0.3, -0.25) is 0 Å². The number of fused-ring (bicyclic) bond motifs is 1. The lowest BCUT2D eigenvalue weighted by molar-refractivity contribution is -0.138. The van der Waals surface area contributed by atoms with E-state index in [1.165, 1.54) is 6.20 Å². The summed E-state index contributed by atoms with van der Waals surface area (Å²) >= 11 is 0. The number of ether oxygens (including phenoxy) is 2. The molecular formula is C13H12N2O3. The number of nitrogens with zero attached hydrogens (tertiary/aromatic N) is 2. The van der Waals surface area contributed by atoms with Gasteiger partial charge in [0, 0.05) is 11.5 Å². The van der Waals surface area contributed by atoms with Crippen molar-refractivity contribution in [2.24, 2.45) is 0 Å². The Labute approximate surface area is 104 Å². The van der Waals surface area contributed by atoms with Gasteiger partial charge in [-0.25, -0.2) is 4.79 Å². The maximum absolute atomic E-state index is 10.8. The number of hydrogen-bond acceptors (Lipinski definition) is 5. The number of rotatable bonds is 5. The van der Waals surface area contributed by atoms with E-state index in [1.54, 1.807) is 0 Å². The molecule has 0 fully saturated rings. The molecule has 0 atom stereocenters. The molecule has 5 heteroatoms. The van der Waals surface area contributed by atoms with Crippen LogP contribution >= 0.6 is 0 Å². The van der Waals surface area contributed by atoms with Crippen molar-refractivity contribution in [1.82, 2.24) is 10.2 Å². The van der Waals surface area contributed by atoms with Crippen LogP contribution in [0.25, 0.3) is 10.9 Å². The molecule has 1 aromatic heterocycles. The summed E-state index contributed by atoms with van der Waals surface area (Å²) < 4.78 is 10.3. The van der Waals surface area contributed by atoms with Crippen LogP contribution in [0, 0.1) is 0 Å². The van der Waals surface area contributed by atoms with E-state index < -0.39 is 5.97 Å². The Bertz CT molecular complexity index is 564. The second-order valence-electron chi connectivity index (χ2n) is 3.45. The zero-order chi connectivity index (χ0) is 12.8. The van der Waals surface area contributed by atoms with Gasteiger partial charge < -0.3 is 9.47 Å². The Morgan fingerprint density at radius 2 is 2.17 bits per heavy atom. The molecule has 0 amide bonds. The van der Waals surface area contributed by atoms with E-state index in [0.717, 1.165) is 17.0 Å². The van der Waals surface area contributed by atoms with Crippen LogP contribution < -0.4 is 4.74 Å². The standard InChI is InChI=1S/C13H12N2O3/c1-2-13(16)18-8-7-17-12-9-14-15-11-6-4-3-5-10(11)12/h2-6,9H,1,7-8H2. The first-order chi connectivity index (χ1) is 8.81. The summed E-state index contributed by atoms with van der Waals surface area (Å²) in [4.78, 5) is 10.8. The molecule has 18 heavy (non-hydrogen) atoms. The predicted octanol–water partition coefficient (Wildman–Crippen LogP) is 1.74. The van der Waals surface area contributed by atoms with Crippen molar-refractivity contribution in [3.8, 4) is 5.75 Å². The fourth-order valence-corrected chi connectivity index (χ4v) is 1.45. The van der Waals surface area contributed by atoms with Gasteiger partial charge in [0.1, 0.15) is 19.0 Å². The Balaban J connectivity index is 1.99. The average Bonchev–Trinajstić information content (AvgIpc) is 2.43. The second kappa shape index (κ2) is 5.77. The normalized spacial score (nSPS) is 10.0. The number of carbonyl (C=O) groups excluding carboxylic acids is 1. The monoisotopic (exact) mass is 244 g/mol. The first kappa shape index (κ1) is 12.0. The quantitative estimate of drug-likeness (QED) is 0.455. The van der Waals surface area contributed by atoms with E-state index in [1.807, 2.05) is 24.3 Å². The van der Waals surface area contributed by atoms with Crippen LogP contribution in [0.2, 0.25) is 0 Å². The van der Waals surface area contributed by atoms with E-state index in [9.17, 15) is 4.79 Å². The molecule has 2 aromatic rings. The van der Waals surface area contributed by atoms with Crippen LogP contribution in [0.1, 0.15) is 0 Å². The number of carbonyl (C=O) groups is 1. The summed E-state index contributed by atoms with van der Waals surface area (Å²) in [6, 6.07) is 7.53. The fraction of sp³-hybridized carbons (Fsp3) is 0.154. The van der Waals surface area contributed by atoms with Crippen molar-refractivity contribution >= 4 is 16.9 Å². The van der Waals surface area contributed by atoms with Gasteiger partial charge in [0.15, 0.2) is 0 Å². The molecule has 0 saturated carbocycles. The molecular weight excluding hydrogens is 232 g/mol. The van der Waals surface area contributed by atoms with Gasteiger partial charge in [-0.15, -0.1) is 0 Å². The number of benzene rings is 1. The smallest absolute Gasteiger partial charge is 0.330 e. The summed E-state index contributed by atoms with van der Waals surface area (Å²) in [5.74, 6) is 0.159. The largest absolute Gasteiger partial charge is 0.488 e. The Morgan fingerprint density at radius 1 is 1.33 bits per heavy atom. The van der Waals surface area contributed by atoms with Gasteiger partial charge in [0.25, 0.3) is 0 Å². The first-order valence-electron chi connectivity index (χ1n) is 5.43. The molecule has 0 N–H and O–H groups in total. The van der Waals surface area contributed by atoms with Gasteiger partial charge in [0.2, 0.25) is 0 Å². The molecule has 92 valence electrons. The van der Waals surface area contributed by atoms with Crippen LogP contribution in [-0.2, 0) is 9.53 Å². The van der Waals surface area contributed by atoms with Gasteiger partial charge in [0.05, 0.1) is 11.7 Å². The third-order valence-corrected chi connectivity index (χ3v) is 2.26. The minimum absolute atomic E-state index is 0.168. The average molecular weight is 244 g/mol. The molecule has 0 aliphatic carbocycles. The van der Waals surface area contributed by atoms with Gasteiger partial charge in [-0.1, -0.05) is 18.7 Å². The summed E-state index contributed by atoms with van der Waals surface area (Å²) in [6.45, 7) is 3.73. The van der Waals surface area contributed by atoms with Crippen LogP contribution in [0.3, 0.4) is 0 Å². The number of aromatic nitrogens is 2. The SMILES string of the molecule is C=CC(=O)OCCOc1cnnc2ccccc12. The van der Waals surface area contributed by atoms with Gasteiger partial charge >= 0.3 is 5.97 Å². The van der Waals surface area contributed by atoms with E-state index in [4.69, 9.17) is 9.47 Å². The molecule has 0 saturated heterocycles. The lowest BCUT2D eigenvalue weighted by Gasteiger charge is -2.07. The van der Waals surface area contributed by atoms with Crippen LogP contribution in [-0.4, -0.2) is 29.4 Å². The predicted molar refractivity (Wildman–Crippen MR) is 66.2 cm³/mol. The van der Waals surface area contributed by atoms with Crippen molar-refractivity contribution in [1.29, 1.82) is 0 Å². The topological polar surface area (TPSA) is 61.3 Å². The van der Waals surface area contributed by atoms with Crippen LogP contribution in [0.4, 0.5) is 0 Å². The lowest BCUT2D eigenvalue weighted by Crippen LogP contribution is -2.10. The number of esters is 1.